The van der Waals surface area contributed by atoms with Gasteiger partial charge in [0, 0.05) is 17.3 Å². The van der Waals surface area contributed by atoms with E-state index in [9.17, 15) is 0 Å². The molecule has 1 aromatic carbocycles. The number of benzene rings is 1. The first-order valence-electron chi connectivity index (χ1n) is 4.08. The first-order chi connectivity index (χ1) is 6.31. The monoisotopic (exact) mass is 170 g/mol. The Morgan fingerprint density at radius 3 is 2.92 bits per heavy atom. The largest absolute Gasteiger partial charge is 0.398 e. The molecule has 0 aliphatic heterocycles. The molecule has 0 radical (unpaired) electrons. The average molecular weight is 170 g/mol. The van der Waals surface area contributed by atoms with E-state index in [4.69, 9.17) is 5.73 Å². The van der Waals surface area contributed by atoms with Crippen molar-refractivity contribution < 1.29 is 0 Å². The van der Waals surface area contributed by atoms with Crippen molar-refractivity contribution in [2.45, 2.75) is 0 Å². The van der Waals surface area contributed by atoms with Crippen molar-refractivity contribution in [2.75, 3.05) is 5.73 Å². The normalized spacial score (nSPS) is 10.2. The molecule has 0 saturated heterocycles. The van der Waals surface area contributed by atoms with E-state index in [0.29, 0.717) is 0 Å². The molecule has 0 aliphatic rings. The molecule has 0 spiro atoms. The summed E-state index contributed by atoms with van der Waals surface area (Å²) in [5, 5.41) is 0.986. The van der Waals surface area contributed by atoms with Crippen molar-refractivity contribution in [1.29, 1.82) is 0 Å². The quantitative estimate of drug-likeness (QED) is 0.714. The van der Waals surface area contributed by atoms with Crippen LogP contribution >= 0.6 is 0 Å². The van der Waals surface area contributed by atoms with Crippen molar-refractivity contribution in [2.24, 2.45) is 0 Å². The molecule has 2 rings (SSSR count). The van der Waals surface area contributed by atoms with Crippen molar-refractivity contribution in [3.8, 4) is 0 Å². The zero-order valence-corrected chi connectivity index (χ0v) is 7.20. The molecule has 2 nitrogen and oxygen atoms in total. The van der Waals surface area contributed by atoms with Crippen LogP contribution in [-0.2, 0) is 0 Å². The van der Waals surface area contributed by atoms with E-state index in [1.54, 1.807) is 18.3 Å². The van der Waals surface area contributed by atoms with Gasteiger partial charge in [0.2, 0.25) is 0 Å². The van der Waals surface area contributed by atoms with E-state index in [1.165, 1.54) is 0 Å². The van der Waals surface area contributed by atoms with Gasteiger partial charge >= 0.3 is 0 Å². The third-order valence-electron chi connectivity index (χ3n) is 2.04. The first kappa shape index (κ1) is 7.80. The summed E-state index contributed by atoms with van der Waals surface area (Å²) in [4.78, 5) is 4.20. The summed E-state index contributed by atoms with van der Waals surface area (Å²) in [6.45, 7) is 3.71. The van der Waals surface area contributed by atoms with Gasteiger partial charge in [-0.25, -0.2) is 0 Å². The minimum atomic E-state index is 0.758. The van der Waals surface area contributed by atoms with Crippen LogP contribution < -0.4 is 5.73 Å². The van der Waals surface area contributed by atoms with E-state index in [2.05, 4.69) is 11.6 Å². The van der Waals surface area contributed by atoms with Crippen LogP contribution in [0.25, 0.3) is 17.0 Å². The molecule has 2 heteroatoms. The second kappa shape index (κ2) is 2.90. The van der Waals surface area contributed by atoms with E-state index in [1.807, 2.05) is 18.2 Å². The highest BCUT2D eigenvalue weighted by atomic mass is 14.7. The van der Waals surface area contributed by atoms with Gasteiger partial charge in [0.05, 0.1) is 5.52 Å². The minimum Gasteiger partial charge on any atom is -0.398 e. The van der Waals surface area contributed by atoms with Crippen LogP contribution in [0.4, 0.5) is 5.69 Å². The molecule has 0 fully saturated rings. The van der Waals surface area contributed by atoms with Crippen LogP contribution in [0.3, 0.4) is 0 Å². The predicted molar refractivity (Wildman–Crippen MR) is 56.2 cm³/mol. The Balaban J connectivity index is 2.81. The molecule has 0 aliphatic carbocycles. The lowest BCUT2D eigenvalue weighted by atomic mass is 10.1. The molecule has 1 heterocycles. The Morgan fingerprint density at radius 2 is 2.15 bits per heavy atom. The fourth-order valence-corrected chi connectivity index (χ4v) is 1.31. The van der Waals surface area contributed by atoms with E-state index in [-0.39, 0.29) is 0 Å². The van der Waals surface area contributed by atoms with Crippen LogP contribution in [0.15, 0.2) is 37.0 Å². The fourth-order valence-electron chi connectivity index (χ4n) is 1.31. The van der Waals surface area contributed by atoms with Crippen LogP contribution in [0.2, 0.25) is 0 Å². The van der Waals surface area contributed by atoms with Crippen molar-refractivity contribution in [3.63, 3.8) is 0 Å². The van der Waals surface area contributed by atoms with Gasteiger partial charge in [-0.1, -0.05) is 18.7 Å². The lowest BCUT2D eigenvalue weighted by Crippen LogP contribution is -1.88. The molecule has 64 valence electrons. The van der Waals surface area contributed by atoms with E-state index < -0.39 is 0 Å². The summed E-state index contributed by atoms with van der Waals surface area (Å²) in [7, 11) is 0. The van der Waals surface area contributed by atoms with Gasteiger partial charge in [-0.15, -0.1) is 0 Å². The number of nitrogen functional groups attached to an aromatic ring is 1. The molecule has 13 heavy (non-hydrogen) atoms. The molecule has 0 atom stereocenters. The topological polar surface area (TPSA) is 38.9 Å². The van der Waals surface area contributed by atoms with E-state index in [0.717, 1.165) is 22.2 Å². The lowest BCUT2D eigenvalue weighted by Gasteiger charge is -2.01. The van der Waals surface area contributed by atoms with Gasteiger partial charge in [-0.05, 0) is 23.8 Å². The molecule has 0 bridgehead atoms. The maximum Gasteiger partial charge on any atom is 0.0723 e. The number of anilines is 1. The van der Waals surface area contributed by atoms with Crippen molar-refractivity contribution in [1.82, 2.24) is 4.98 Å². The Bertz CT molecular complexity index is 461. The van der Waals surface area contributed by atoms with Crippen molar-refractivity contribution >= 4 is 22.7 Å². The highest BCUT2D eigenvalue weighted by Crippen LogP contribution is 2.20. The number of hydrogen-bond donors (Lipinski definition) is 1. The molecule has 2 aromatic rings. The van der Waals surface area contributed by atoms with Gasteiger partial charge in [0.25, 0.3) is 0 Å². The number of hydrogen-bond acceptors (Lipinski definition) is 2. The Hall–Kier alpha value is -1.83. The first-order valence-corrected chi connectivity index (χ1v) is 4.08. The summed E-state index contributed by atoms with van der Waals surface area (Å²) in [5.41, 5.74) is 8.55. The SMILES string of the molecule is C=Cc1ccc2nccc(N)c2c1. The summed E-state index contributed by atoms with van der Waals surface area (Å²) in [5.74, 6) is 0. The smallest absolute Gasteiger partial charge is 0.0723 e. The molecular formula is C11H10N2. The Labute approximate surface area is 76.7 Å². The predicted octanol–water partition coefficient (Wildman–Crippen LogP) is 2.46. The number of pyridine rings is 1. The minimum absolute atomic E-state index is 0.758. The van der Waals surface area contributed by atoms with Gasteiger partial charge in [0.15, 0.2) is 0 Å². The Kier molecular flexibility index (Phi) is 1.74. The number of aromatic nitrogens is 1. The van der Waals surface area contributed by atoms with Crippen LogP contribution in [0.1, 0.15) is 5.56 Å². The molecule has 0 amide bonds. The molecule has 0 unspecified atom stereocenters. The van der Waals surface area contributed by atoms with Gasteiger partial charge < -0.3 is 5.73 Å². The molecule has 0 saturated carbocycles. The highest BCUT2D eigenvalue weighted by Gasteiger charge is 1.97. The second-order valence-electron chi connectivity index (χ2n) is 2.88. The zero-order valence-electron chi connectivity index (χ0n) is 7.20. The zero-order chi connectivity index (χ0) is 9.26. The molecule has 2 N–H and O–H groups in total. The van der Waals surface area contributed by atoms with Gasteiger partial charge in [-0.3, -0.25) is 4.98 Å². The summed E-state index contributed by atoms with van der Waals surface area (Å²) < 4.78 is 0. The summed E-state index contributed by atoms with van der Waals surface area (Å²) in [6.07, 6.45) is 3.51. The fraction of sp³-hybridized carbons (Fsp3) is 0. The third kappa shape index (κ3) is 1.26. The average Bonchev–Trinajstić information content (AvgIpc) is 2.18. The maximum atomic E-state index is 5.81. The number of fused-ring (bicyclic) bond motifs is 1. The van der Waals surface area contributed by atoms with Crippen molar-refractivity contribution in [3.05, 3.63) is 42.6 Å². The number of rotatable bonds is 1. The summed E-state index contributed by atoms with van der Waals surface area (Å²) >= 11 is 0. The summed E-state index contributed by atoms with van der Waals surface area (Å²) in [6, 6.07) is 7.71. The molecule has 1 aromatic heterocycles. The standard InChI is InChI=1S/C11H10N2/c1-2-8-3-4-11-9(7-8)10(12)5-6-13-11/h2-7H,1H2,(H2,12,13). The van der Waals surface area contributed by atoms with Gasteiger partial charge in [-0.2, -0.15) is 0 Å². The number of nitrogens with two attached hydrogens (primary N) is 1. The second-order valence-corrected chi connectivity index (χ2v) is 2.88. The third-order valence-corrected chi connectivity index (χ3v) is 2.04. The number of nitrogens with zero attached hydrogens (tertiary/aromatic N) is 1. The van der Waals surface area contributed by atoms with Gasteiger partial charge in [0.1, 0.15) is 0 Å². The van der Waals surface area contributed by atoms with Crippen LogP contribution in [-0.4, -0.2) is 4.98 Å². The highest BCUT2D eigenvalue weighted by molar-refractivity contribution is 5.91. The van der Waals surface area contributed by atoms with Crippen LogP contribution in [0.5, 0.6) is 0 Å². The maximum absolute atomic E-state index is 5.81. The van der Waals surface area contributed by atoms with E-state index >= 15 is 0 Å². The van der Waals surface area contributed by atoms with Crippen LogP contribution in [0, 0.1) is 0 Å². The Morgan fingerprint density at radius 1 is 1.31 bits per heavy atom. The lowest BCUT2D eigenvalue weighted by molar-refractivity contribution is 1.41. The molecular weight excluding hydrogens is 160 g/mol.